The highest BCUT2D eigenvalue weighted by atomic mass is 16.5. The number of hydrogen-bond acceptors (Lipinski definition) is 4. The third-order valence-electron chi connectivity index (χ3n) is 4.84. The predicted molar refractivity (Wildman–Crippen MR) is 76.5 cm³/mol. The molecular formula is C16H22N2O3. The quantitative estimate of drug-likeness (QED) is 0.914. The minimum absolute atomic E-state index is 0.105. The lowest BCUT2D eigenvalue weighted by molar-refractivity contribution is -0.133. The molecule has 0 unspecified atom stereocenters. The lowest BCUT2D eigenvalue weighted by atomic mass is 9.91. The van der Waals surface area contributed by atoms with E-state index in [1.807, 2.05) is 6.07 Å². The molecule has 21 heavy (non-hydrogen) atoms. The number of hydrogen-bond donors (Lipinski definition) is 1. The van der Waals surface area contributed by atoms with E-state index < -0.39 is 0 Å². The average molecular weight is 290 g/mol. The van der Waals surface area contributed by atoms with Crippen LogP contribution in [0.4, 0.5) is 0 Å². The topological polar surface area (TPSA) is 54.7 Å². The van der Waals surface area contributed by atoms with E-state index in [0.717, 1.165) is 45.3 Å². The molecule has 1 aromatic rings. The monoisotopic (exact) mass is 290 g/mol. The fourth-order valence-electron chi connectivity index (χ4n) is 3.47. The van der Waals surface area contributed by atoms with Gasteiger partial charge in [-0.25, -0.2) is 0 Å². The van der Waals surface area contributed by atoms with Crippen molar-refractivity contribution in [3.05, 3.63) is 24.2 Å². The number of amides is 1. The Hall–Kier alpha value is -1.33. The van der Waals surface area contributed by atoms with Crippen molar-refractivity contribution in [2.75, 3.05) is 13.1 Å². The van der Waals surface area contributed by atoms with Crippen molar-refractivity contribution in [3.8, 4) is 0 Å². The number of nitrogens with one attached hydrogen (secondary N) is 1. The van der Waals surface area contributed by atoms with Crippen molar-refractivity contribution in [3.63, 3.8) is 0 Å². The Kier molecular flexibility index (Phi) is 3.47. The standard InChI is InChI=1S/C16H22N2O3/c19-16(17-13-1-2-13)14-7-12-3-5-18(9-15(12)21-14)8-11-4-6-20-10-11/h4,6,10,12-15H,1-3,5,7-9H2,(H,17,19)/t12-,14+,15+/m0/s1. The minimum Gasteiger partial charge on any atom is -0.472 e. The van der Waals surface area contributed by atoms with Crippen LogP contribution in [0.15, 0.2) is 23.0 Å². The average Bonchev–Trinajstić information content (AvgIpc) is 3.00. The molecule has 1 aliphatic carbocycles. The van der Waals surface area contributed by atoms with E-state index in [9.17, 15) is 4.79 Å². The summed E-state index contributed by atoms with van der Waals surface area (Å²) in [6, 6.07) is 2.43. The molecule has 3 atom stereocenters. The summed E-state index contributed by atoms with van der Waals surface area (Å²) in [6.45, 7) is 2.90. The summed E-state index contributed by atoms with van der Waals surface area (Å²) in [7, 11) is 0. The molecule has 5 heteroatoms. The summed E-state index contributed by atoms with van der Waals surface area (Å²) in [4.78, 5) is 14.5. The second-order valence-corrected chi connectivity index (χ2v) is 6.60. The molecule has 114 valence electrons. The summed E-state index contributed by atoms with van der Waals surface area (Å²) in [5, 5.41) is 3.06. The van der Waals surface area contributed by atoms with Gasteiger partial charge in [-0.05, 0) is 44.2 Å². The van der Waals surface area contributed by atoms with Gasteiger partial charge in [0, 0.05) is 24.7 Å². The molecule has 1 aromatic heterocycles. The van der Waals surface area contributed by atoms with E-state index in [-0.39, 0.29) is 18.1 Å². The number of ether oxygens (including phenoxy) is 1. The number of furan rings is 1. The number of likely N-dealkylation sites (tertiary alicyclic amines) is 1. The molecule has 4 rings (SSSR count). The van der Waals surface area contributed by atoms with E-state index in [1.165, 1.54) is 5.56 Å². The summed E-state index contributed by atoms with van der Waals surface area (Å²) in [5.74, 6) is 0.647. The summed E-state index contributed by atoms with van der Waals surface area (Å²) in [6.07, 6.45) is 7.77. The Morgan fingerprint density at radius 2 is 2.29 bits per heavy atom. The Morgan fingerprint density at radius 3 is 3.05 bits per heavy atom. The van der Waals surface area contributed by atoms with Gasteiger partial charge in [-0.2, -0.15) is 0 Å². The van der Waals surface area contributed by atoms with Gasteiger partial charge in [-0.1, -0.05) is 0 Å². The molecule has 3 fully saturated rings. The van der Waals surface area contributed by atoms with Crippen LogP contribution >= 0.6 is 0 Å². The van der Waals surface area contributed by atoms with Crippen molar-refractivity contribution in [2.45, 2.75) is 50.5 Å². The Labute approximate surface area is 124 Å². The second-order valence-electron chi connectivity index (χ2n) is 6.60. The smallest absolute Gasteiger partial charge is 0.249 e. The molecule has 0 aromatic carbocycles. The maximum atomic E-state index is 12.1. The third kappa shape index (κ3) is 2.99. The molecule has 0 bridgehead atoms. The number of carbonyl (C=O) groups excluding carboxylic acids is 1. The van der Waals surface area contributed by atoms with Crippen LogP contribution < -0.4 is 5.32 Å². The highest BCUT2D eigenvalue weighted by molar-refractivity contribution is 5.81. The van der Waals surface area contributed by atoms with Crippen LogP contribution in [0.5, 0.6) is 0 Å². The zero-order chi connectivity index (χ0) is 14.2. The zero-order valence-corrected chi connectivity index (χ0v) is 12.2. The fourth-order valence-corrected chi connectivity index (χ4v) is 3.47. The maximum Gasteiger partial charge on any atom is 0.249 e. The third-order valence-corrected chi connectivity index (χ3v) is 4.84. The number of rotatable bonds is 4. The molecule has 0 radical (unpaired) electrons. The molecular weight excluding hydrogens is 268 g/mol. The summed E-state index contributed by atoms with van der Waals surface area (Å²) < 4.78 is 11.2. The van der Waals surface area contributed by atoms with Gasteiger partial charge in [0.25, 0.3) is 0 Å². The molecule has 1 saturated carbocycles. The van der Waals surface area contributed by atoms with Gasteiger partial charge in [0.1, 0.15) is 6.10 Å². The zero-order valence-electron chi connectivity index (χ0n) is 12.2. The van der Waals surface area contributed by atoms with Crippen molar-refractivity contribution in [1.82, 2.24) is 10.2 Å². The second kappa shape index (κ2) is 5.46. The van der Waals surface area contributed by atoms with Crippen molar-refractivity contribution in [1.29, 1.82) is 0 Å². The van der Waals surface area contributed by atoms with E-state index in [2.05, 4.69) is 10.2 Å². The molecule has 5 nitrogen and oxygen atoms in total. The number of fused-ring (bicyclic) bond motifs is 1. The van der Waals surface area contributed by atoms with Gasteiger partial charge in [-0.3, -0.25) is 9.69 Å². The normalized spacial score (nSPS) is 32.9. The van der Waals surface area contributed by atoms with E-state index in [0.29, 0.717) is 12.0 Å². The molecule has 3 heterocycles. The summed E-state index contributed by atoms with van der Waals surface area (Å²) >= 11 is 0. The summed E-state index contributed by atoms with van der Waals surface area (Å²) in [5.41, 5.74) is 1.20. The first-order valence-corrected chi connectivity index (χ1v) is 7.97. The molecule has 1 amide bonds. The number of nitrogens with zero attached hydrogens (tertiary/aromatic N) is 1. The van der Waals surface area contributed by atoms with Gasteiger partial charge in [0.15, 0.2) is 0 Å². The molecule has 0 spiro atoms. The van der Waals surface area contributed by atoms with E-state index >= 15 is 0 Å². The van der Waals surface area contributed by atoms with Gasteiger partial charge < -0.3 is 14.5 Å². The van der Waals surface area contributed by atoms with Gasteiger partial charge in [-0.15, -0.1) is 0 Å². The predicted octanol–water partition coefficient (Wildman–Crippen LogP) is 1.54. The lowest BCUT2D eigenvalue weighted by Crippen LogP contribution is -2.42. The first kappa shape index (κ1) is 13.3. The van der Waals surface area contributed by atoms with Gasteiger partial charge in [0.05, 0.1) is 18.6 Å². The van der Waals surface area contributed by atoms with Crippen molar-refractivity contribution in [2.24, 2.45) is 5.92 Å². The fraction of sp³-hybridized carbons (Fsp3) is 0.688. The van der Waals surface area contributed by atoms with E-state index in [1.54, 1.807) is 12.5 Å². The largest absolute Gasteiger partial charge is 0.472 e. The highest BCUT2D eigenvalue weighted by Crippen LogP contribution is 2.34. The first-order valence-electron chi connectivity index (χ1n) is 7.97. The molecule has 2 saturated heterocycles. The molecule has 2 aliphatic heterocycles. The van der Waals surface area contributed by atoms with Crippen LogP contribution in [0.25, 0.3) is 0 Å². The first-order chi connectivity index (χ1) is 10.3. The Morgan fingerprint density at radius 1 is 1.38 bits per heavy atom. The SMILES string of the molecule is O=C(NC1CC1)[C@H]1C[C@@H]2CCN(Cc3ccoc3)C[C@H]2O1. The van der Waals surface area contributed by atoms with Crippen molar-refractivity contribution < 1.29 is 13.9 Å². The van der Waals surface area contributed by atoms with Crippen LogP contribution in [0, 0.1) is 5.92 Å². The Bertz CT molecular complexity index is 498. The number of piperidine rings is 1. The van der Waals surface area contributed by atoms with Crippen molar-refractivity contribution >= 4 is 5.91 Å². The molecule has 1 N–H and O–H groups in total. The van der Waals surface area contributed by atoms with Crippen LogP contribution in [-0.4, -0.2) is 42.1 Å². The maximum absolute atomic E-state index is 12.1. The highest BCUT2D eigenvalue weighted by Gasteiger charge is 2.42. The van der Waals surface area contributed by atoms with E-state index in [4.69, 9.17) is 9.15 Å². The minimum atomic E-state index is -0.227. The van der Waals surface area contributed by atoms with Crippen LogP contribution in [0.1, 0.15) is 31.2 Å². The lowest BCUT2D eigenvalue weighted by Gasteiger charge is -2.33. The number of carbonyl (C=O) groups is 1. The van der Waals surface area contributed by atoms with Gasteiger partial charge in [0.2, 0.25) is 5.91 Å². The van der Waals surface area contributed by atoms with Gasteiger partial charge >= 0.3 is 0 Å². The van der Waals surface area contributed by atoms with Crippen LogP contribution in [0.3, 0.4) is 0 Å². The van der Waals surface area contributed by atoms with Crippen LogP contribution in [-0.2, 0) is 16.1 Å². The van der Waals surface area contributed by atoms with Crippen LogP contribution in [0.2, 0.25) is 0 Å². The molecule has 3 aliphatic rings. The Balaban J connectivity index is 1.32.